The number of aromatic nitrogens is 2. The maximum atomic E-state index is 12.5. The lowest BCUT2D eigenvalue weighted by Gasteiger charge is -2.11. The third-order valence-electron chi connectivity index (χ3n) is 3.66. The zero-order chi connectivity index (χ0) is 15.7. The molecule has 114 valence electrons. The number of rotatable bonds is 3. The minimum absolute atomic E-state index is 0.167. The second-order valence-corrected chi connectivity index (χ2v) is 5.85. The fraction of sp³-hybridized carbons (Fsp3) is 0.353. The highest BCUT2D eigenvalue weighted by atomic mass is 16.5. The Hall–Kier alpha value is -2.43. The quantitative estimate of drug-likeness (QED) is 0.945. The number of hydrogen-bond acceptors (Lipinski definition) is 4. The van der Waals surface area contributed by atoms with Crippen molar-refractivity contribution in [1.29, 1.82) is 0 Å². The summed E-state index contributed by atoms with van der Waals surface area (Å²) in [7, 11) is 0. The predicted molar refractivity (Wildman–Crippen MR) is 84.3 cm³/mol. The Labute approximate surface area is 129 Å². The normalized spacial score (nSPS) is 16.3. The van der Waals surface area contributed by atoms with Gasteiger partial charge in [-0.05, 0) is 36.6 Å². The Kier molecular flexibility index (Phi) is 3.79. The molecule has 1 aromatic carbocycles. The smallest absolute Gasteiger partial charge is 0.256 e. The van der Waals surface area contributed by atoms with Crippen LogP contribution in [0.5, 0.6) is 5.75 Å². The van der Waals surface area contributed by atoms with Crippen molar-refractivity contribution >= 4 is 11.7 Å². The molecule has 3 rings (SSSR count). The van der Waals surface area contributed by atoms with Gasteiger partial charge in [0, 0.05) is 24.4 Å². The predicted octanol–water partition coefficient (Wildman–Crippen LogP) is 3.18. The number of ether oxygens (including phenoxy) is 1. The molecule has 0 spiro atoms. The summed E-state index contributed by atoms with van der Waals surface area (Å²) in [4.78, 5) is 21.0. The van der Waals surface area contributed by atoms with Crippen LogP contribution in [0.2, 0.25) is 0 Å². The van der Waals surface area contributed by atoms with Crippen LogP contribution >= 0.6 is 0 Å². The van der Waals surface area contributed by atoms with Crippen LogP contribution < -0.4 is 10.1 Å². The summed E-state index contributed by atoms with van der Waals surface area (Å²) in [5, 5.41) is 2.86. The number of hydrogen-bond donors (Lipinski definition) is 1. The van der Waals surface area contributed by atoms with Crippen molar-refractivity contribution in [2.75, 3.05) is 5.32 Å². The molecule has 22 heavy (non-hydrogen) atoms. The fourth-order valence-corrected chi connectivity index (χ4v) is 2.61. The van der Waals surface area contributed by atoms with Crippen molar-refractivity contribution in [3.05, 3.63) is 47.4 Å². The van der Waals surface area contributed by atoms with Gasteiger partial charge in [0.2, 0.25) is 0 Å². The van der Waals surface area contributed by atoms with Gasteiger partial charge in [-0.2, -0.15) is 0 Å². The molecule has 1 amide bonds. The Morgan fingerprint density at radius 3 is 2.86 bits per heavy atom. The number of carbonyl (C=O) groups excluding carboxylic acids is 1. The number of fused-ring (bicyclic) bond motifs is 1. The molecule has 1 aliphatic heterocycles. The molecule has 2 heterocycles. The molecule has 1 N–H and O–H groups in total. The molecule has 0 fully saturated rings. The number of nitrogens with one attached hydrogen (secondary N) is 1. The van der Waals surface area contributed by atoms with Gasteiger partial charge < -0.3 is 10.1 Å². The van der Waals surface area contributed by atoms with Crippen molar-refractivity contribution in [3.8, 4) is 5.75 Å². The van der Waals surface area contributed by atoms with Gasteiger partial charge >= 0.3 is 0 Å². The van der Waals surface area contributed by atoms with E-state index in [1.165, 1.54) is 0 Å². The van der Waals surface area contributed by atoms with Crippen molar-refractivity contribution in [2.24, 2.45) is 0 Å². The molecule has 1 atom stereocenters. The molecule has 0 radical (unpaired) electrons. The number of carbonyl (C=O) groups is 1. The first-order valence-corrected chi connectivity index (χ1v) is 7.46. The zero-order valence-corrected chi connectivity index (χ0v) is 13.0. The van der Waals surface area contributed by atoms with Crippen LogP contribution in [0.3, 0.4) is 0 Å². The van der Waals surface area contributed by atoms with Gasteiger partial charge in [0.05, 0.1) is 5.69 Å². The molecule has 1 aliphatic rings. The summed E-state index contributed by atoms with van der Waals surface area (Å²) >= 11 is 0. The minimum atomic E-state index is -0.176. The van der Waals surface area contributed by atoms with E-state index in [1.807, 2.05) is 32.9 Å². The van der Waals surface area contributed by atoms with Gasteiger partial charge in [-0.1, -0.05) is 13.8 Å². The third kappa shape index (κ3) is 2.79. The highest BCUT2D eigenvalue weighted by molar-refractivity contribution is 6.04. The first kappa shape index (κ1) is 14.5. The standard InChI is InChI=1S/C17H19N3O2/c1-10(2)15-16(19-7-6-18-15)20-17(21)12-4-5-14-13(9-12)8-11(3)22-14/h4-7,9-11H,8H2,1-3H3,(H,19,20,21). The average molecular weight is 297 g/mol. The van der Waals surface area contributed by atoms with E-state index in [0.29, 0.717) is 11.4 Å². The Bertz CT molecular complexity index is 713. The van der Waals surface area contributed by atoms with Crippen molar-refractivity contribution < 1.29 is 9.53 Å². The number of anilines is 1. The fourth-order valence-electron chi connectivity index (χ4n) is 2.61. The number of amides is 1. The van der Waals surface area contributed by atoms with Gasteiger partial charge in [0.1, 0.15) is 11.9 Å². The largest absolute Gasteiger partial charge is 0.490 e. The summed E-state index contributed by atoms with van der Waals surface area (Å²) in [6, 6.07) is 5.52. The topological polar surface area (TPSA) is 64.1 Å². The van der Waals surface area contributed by atoms with Crippen LogP contribution in [0, 0.1) is 0 Å². The van der Waals surface area contributed by atoms with Gasteiger partial charge in [0.15, 0.2) is 5.82 Å². The lowest BCUT2D eigenvalue weighted by molar-refractivity contribution is 0.102. The highest BCUT2D eigenvalue weighted by Gasteiger charge is 2.21. The average Bonchev–Trinajstić information content (AvgIpc) is 2.86. The molecule has 0 saturated heterocycles. The van der Waals surface area contributed by atoms with Gasteiger partial charge in [-0.3, -0.25) is 9.78 Å². The van der Waals surface area contributed by atoms with Crippen LogP contribution in [-0.2, 0) is 6.42 Å². The van der Waals surface area contributed by atoms with Crippen molar-refractivity contribution in [1.82, 2.24) is 9.97 Å². The van der Waals surface area contributed by atoms with E-state index in [9.17, 15) is 4.79 Å². The van der Waals surface area contributed by atoms with Crippen molar-refractivity contribution in [3.63, 3.8) is 0 Å². The monoisotopic (exact) mass is 297 g/mol. The van der Waals surface area contributed by atoms with Crippen LogP contribution in [0.25, 0.3) is 0 Å². The second kappa shape index (κ2) is 5.75. The summed E-state index contributed by atoms with van der Waals surface area (Å²) in [5.74, 6) is 1.40. The summed E-state index contributed by atoms with van der Waals surface area (Å²) < 4.78 is 5.66. The summed E-state index contributed by atoms with van der Waals surface area (Å²) in [6.45, 7) is 6.07. The highest BCUT2D eigenvalue weighted by Crippen LogP contribution is 2.29. The molecule has 5 heteroatoms. The van der Waals surface area contributed by atoms with Gasteiger partial charge in [0.25, 0.3) is 5.91 Å². The zero-order valence-electron chi connectivity index (χ0n) is 13.0. The third-order valence-corrected chi connectivity index (χ3v) is 3.66. The lowest BCUT2D eigenvalue weighted by atomic mass is 10.1. The van der Waals surface area contributed by atoms with E-state index in [-0.39, 0.29) is 17.9 Å². The first-order valence-electron chi connectivity index (χ1n) is 7.46. The molecular weight excluding hydrogens is 278 g/mol. The maximum absolute atomic E-state index is 12.5. The second-order valence-electron chi connectivity index (χ2n) is 5.85. The van der Waals surface area contributed by atoms with E-state index in [4.69, 9.17) is 4.74 Å². The molecule has 1 aromatic heterocycles. The SMILES string of the molecule is CC1Cc2cc(C(=O)Nc3nccnc3C(C)C)ccc2O1. The molecule has 2 aromatic rings. The molecule has 5 nitrogen and oxygen atoms in total. The van der Waals surface area contributed by atoms with E-state index in [0.717, 1.165) is 23.4 Å². The Balaban J connectivity index is 1.83. The summed E-state index contributed by atoms with van der Waals surface area (Å²) in [5.41, 5.74) is 2.47. The van der Waals surface area contributed by atoms with Crippen LogP contribution in [0.4, 0.5) is 5.82 Å². The van der Waals surface area contributed by atoms with E-state index in [1.54, 1.807) is 18.5 Å². The Morgan fingerprint density at radius 1 is 1.32 bits per heavy atom. The van der Waals surface area contributed by atoms with Crippen molar-refractivity contribution in [2.45, 2.75) is 39.2 Å². The molecule has 1 unspecified atom stereocenters. The van der Waals surface area contributed by atoms with E-state index < -0.39 is 0 Å². The van der Waals surface area contributed by atoms with Gasteiger partial charge in [-0.15, -0.1) is 0 Å². The van der Waals surface area contributed by atoms with E-state index in [2.05, 4.69) is 15.3 Å². The first-order chi connectivity index (χ1) is 10.5. The summed E-state index contributed by atoms with van der Waals surface area (Å²) in [6.07, 6.45) is 4.22. The van der Waals surface area contributed by atoms with Crippen LogP contribution in [-0.4, -0.2) is 22.0 Å². The van der Waals surface area contributed by atoms with Crippen LogP contribution in [0.15, 0.2) is 30.6 Å². The van der Waals surface area contributed by atoms with Crippen LogP contribution in [0.1, 0.15) is 48.3 Å². The minimum Gasteiger partial charge on any atom is -0.490 e. The maximum Gasteiger partial charge on any atom is 0.256 e. The molecule has 0 aliphatic carbocycles. The van der Waals surface area contributed by atoms with Gasteiger partial charge in [-0.25, -0.2) is 4.98 Å². The van der Waals surface area contributed by atoms with E-state index >= 15 is 0 Å². The molecular formula is C17H19N3O2. The number of benzene rings is 1. The number of nitrogens with zero attached hydrogens (tertiary/aromatic N) is 2. The molecule has 0 bridgehead atoms. The molecule has 0 saturated carbocycles. The lowest BCUT2D eigenvalue weighted by Crippen LogP contribution is -2.15. The Morgan fingerprint density at radius 2 is 2.09 bits per heavy atom.